The Morgan fingerprint density at radius 1 is 1.60 bits per heavy atom. The number of rotatable bonds is 2. The zero-order valence-electron chi connectivity index (χ0n) is 9.53. The van der Waals surface area contributed by atoms with Crippen molar-refractivity contribution in [3.8, 4) is 0 Å². The number of thiazole rings is 1. The lowest BCUT2D eigenvalue weighted by atomic mass is 9.93. The van der Waals surface area contributed by atoms with E-state index in [9.17, 15) is 5.11 Å². The molecule has 0 radical (unpaired) electrons. The Kier molecular flexibility index (Phi) is 2.73. The maximum atomic E-state index is 9.41. The monoisotopic (exact) mass is 226 g/mol. The first-order valence-corrected chi connectivity index (χ1v) is 6.24. The number of hydrogen-bond acceptors (Lipinski definition) is 4. The lowest BCUT2D eigenvalue weighted by Gasteiger charge is -2.18. The van der Waals surface area contributed by atoms with E-state index in [1.807, 2.05) is 5.38 Å². The van der Waals surface area contributed by atoms with E-state index in [-0.39, 0.29) is 0 Å². The summed E-state index contributed by atoms with van der Waals surface area (Å²) in [4.78, 5) is 6.77. The van der Waals surface area contributed by atoms with Crippen LogP contribution in [0, 0.1) is 5.41 Å². The van der Waals surface area contributed by atoms with Crippen LogP contribution in [0.5, 0.6) is 0 Å². The lowest BCUT2D eigenvalue weighted by molar-refractivity contribution is 0.195. The smallest absolute Gasteiger partial charge is 0.185 e. The molecule has 1 unspecified atom stereocenters. The van der Waals surface area contributed by atoms with E-state index in [1.165, 1.54) is 6.42 Å². The van der Waals surface area contributed by atoms with Crippen LogP contribution in [0.15, 0.2) is 5.38 Å². The van der Waals surface area contributed by atoms with Gasteiger partial charge in [0.25, 0.3) is 0 Å². The van der Waals surface area contributed by atoms with Crippen LogP contribution in [0.1, 0.15) is 39.0 Å². The van der Waals surface area contributed by atoms with Gasteiger partial charge in [-0.25, -0.2) is 4.98 Å². The van der Waals surface area contributed by atoms with E-state index in [0.29, 0.717) is 5.41 Å². The van der Waals surface area contributed by atoms with Gasteiger partial charge in [-0.15, -0.1) is 11.3 Å². The standard InChI is InChI=1S/C11H18N2OS/c1-8(14)9-6-15-10(12-9)13-5-4-11(2,3)7-13/h6,8,14H,4-5,7H2,1-3H3. The molecule has 1 aromatic heterocycles. The Hall–Kier alpha value is -0.610. The third-order valence-corrected chi connectivity index (χ3v) is 3.81. The molecular formula is C11H18N2OS. The second-order valence-corrected chi connectivity index (χ2v) is 5.90. The van der Waals surface area contributed by atoms with Gasteiger partial charge in [0.15, 0.2) is 5.13 Å². The van der Waals surface area contributed by atoms with E-state index in [2.05, 4.69) is 23.7 Å². The van der Waals surface area contributed by atoms with Gasteiger partial charge in [-0.05, 0) is 18.8 Å². The normalized spacial score (nSPS) is 22.0. The third kappa shape index (κ3) is 2.32. The predicted octanol–water partition coefficient (Wildman–Crippen LogP) is 2.43. The molecule has 1 atom stereocenters. The Balaban J connectivity index is 2.11. The highest BCUT2D eigenvalue weighted by Gasteiger charge is 2.30. The van der Waals surface area contributed by atoms with Crippen LogP contribution in [0.25, 0.3) is 0 Å². The molecule has 1 saturated heterocycles. The van der Waals surface area contributed by atoms with Crippen molar-refractivity contribution in [2.24, 2.45) is 5.41 Å². The van der Waals surface area contributed by atoms with Gasteiger partial charge in [0, 0.05) is 18.5 Å². The largest absolute Gasteiger partial charge is 0.387 e. The molecule has 1 fully saturated rings. The lowest BCUT2D eigenvalue weighted by Crippen LogP contribution is -2.22. The molecule has 0 bridgehead atoms. The zero-order valence-corrected chi connectivity index (χ0v) is 10.3. The highest BCUT2D eigenvalue weighted by Crippen LogP contribution is 2.34. The van der Waals surface area contributed by atoms with Crippen molar-refractivity contribution in [2.75, 3.05) is 18.0 Å². The molecule has 2 heterocycles. The Bertz CT molecular complexity index is 346. The zero-order chi connectivity index (χ0) is 11.1. The number of hydrogen-bond donors (Lipinski definition) is 1. The van der Waals surface area contributed by atoms with Gasteiger partial charge >= 0.3 is 0 Å². The van der Waals surface area contributed by atoms with Gasteiger partial charge in [-0.3, -0.25) is 0 Å². The maximum Gasteiger partial charge on any atom is 0.185 e. The highest BCUT2D eigenvalue weighted by atomic mass is 32.1. The van der Waals surface area contributed by atoms with Gasteiger partial charge in [0.05, 0.1) is 11.8 Å². The number of aliphatic hydroxyl groups excluding tert-OH is 1. The summed E-state index contributed by atoms with van der Waals surface area (Å²) in [7, 11) is 0. The van der Waals surface area contributed by atoms with Crippen LogP contribution < -0.4 is 4.90 Å². The molecule has 0 spiro atoms. The Labute approximate surface area is 94.8 Å². The highest BCUT2D eigenvalue weighted by molar-refractivity contribution is 7.13. The van der Waals surface area contributed by atoms with Gasteiger partial charge in [0.2, 0.25) is 0 Å². The fourth-order valence-corrected chi connectivity index (χ4v) is 2.83. The molecule has 1 aliphatic rings. The van der Waals surface area contributed by atoms with E-state index in [4.69, 9.17) is 0 Å². The Morgan fingerprint density at radius 2 is 2.33 bits per heavy atom. The molecular weight excluding hydrogens is 208 g/mol. The Morgan fingerprint density at radius 3 is 2.80 bits per heavy atom. The van der Waals surface area contributed by atoms with Crippen molar-refractivity contribution < 1.29 is 5.11 Å². The maximum absolute atomic E-state index is 9.41. The third-order valence-electron chi connectivity index (χ3n) is 2.89. The quantitative estimate of drug-likeness (QED) is 0.841. The van der Waals surface area contributed by atoms with E-state index >= 15 is 0 Å². The van der Waals surface area contributed by atoms with Crippen LogP contribution in [0.2, 0.25) is 0 Å². The minimum Gasteiger partial charge on any atom is -0.387 e. The summed E-state index contributed by atoms with van der Waals surface area (Å²) in [6.07, 6.45) is 0.766. The number of aromatic nitrogens is 1. The first-order valence-electron chi connectivity index (χ1n) is 5.36. The molecule has 15 heavy (non-hydrogen) atoms. The van der Waals surface area contributed by atoms with Crippen molar-refractivity contribution in [3.05, 3.63) is 11.1 Å². The van der Waals surface area contributed by atoms with Crippen molar-refractivity contribution in [3.63, 3.8) is 0 Å². The summed E-state index contributed by atoms with van der Waals surface area (Å²) in [5.74, 6) is 0. The van der Waals surface area contributed by atoms with Crippen LogP contribution in [0.3, 0.4) is 0 Å². The van der Waals surface area contributed by atoms with Gasteiger partial charge < -0.3 is 10.0 Å². The first-order chi connectivity index (χ1) is 6.98. The average Bonchev–Trinajstić information content (AvgIpc) is 2.70. The van der Waals surface area contributed by atoms with E-state index < -0.39 is 6.10 Å². The van der Waals surface area contributed by atoms with Gasteiger partial charge in [-0.2, -0.15) is 0 Å². The SMILES string of the molecule is CC(O)c1csc(N2CCC(C)(C)C2)n1. The summed E-state index contributed by atoms with van der Waals surface area (Å²) >= 11 is 1.63. The predicted molar refractivity (Wildman–Crippen MR) is 63.4 cm³/mol. The van der Waals surface area contributed by atoms with Crippen molar-refractivity contribution in [2.45, 2.75) is 33.3 Å². The van der Waals surface area contributed by atoms with Gasteiger partial charge in [0.1, 0.15) is 0 Å². The summed E-state index contributed by atoms with van der Waals surface area (Å²) in [5, 5.41) is 12.4. The second kappa shape index (κ2) is 3.76. The van der Waals surface area contributed by atoms with Crippen LogP contribution in [0.4, 0.5) is 5.13 Å². The molecule has 0 aromatic carbocycles. The fourth-order valence-electron chi connectivity index (χ4n) is 1.89. The number of anilines is 1. The average molecular weight is 226 g/mol. The summed E-state index contributed by atoms with van der Waals surface area (Å²) in [6.45, 7) is 8.48. The topological polar surface area (TPSA) is 36.4 Å². The van der Waals surface area contributed by atoms with E-state index in [0.717, 1.165) is 23.9 Å². The number of nitrogens with zero attached hydrogens (tertiary/aromatic N) is 2. The van der Waals surface area contributed by atoms with E-state index in [1.54, 1.807) is 18.3 Å². The van der Waals surface area contributed by atoms with Crippen LogP contribution in [-0.4, -0.2) is 23.2 Å². The van der Waals surface area contributed by atoms with Gasteiger partial charge in [-0.1, -0.05) is 13.8 Å². The molecule has 1 aromatic rings. The molecule has 1 aliphatic heterocycles. The van der Waals surface area contributed by atoms with Crippen LogP contribution >= 0.6 is 11.3 Å². The molecule has 0 aliphatic carbocycles. The fraction of sp³-hybridized carbons (Fsp3) is 0.727. The summed E-state index contributed by atoms with van der Waals surface area (Å²) < 4.78 is 0. The minimum atomic E-state index is -0.453. The molecule has 1 N–H and O–H groups in total. The second-order valence-electron chi connectivity index (χ2n) is 5.07. The number of aliphatic hydroxyl groups is 1. The van der Waals surface area contributed by atoms with Crippen molar-refractivity contribution in [1.82, 2.24) is 4.98 Å². The molecule has 0 saturated carbocycles. The molecule has 2 rings (SSSR count). The molecule has 3 nitrogen and oxygen atoms in total. The van der Waals surface area contributed by atoms with Crippen LogP contribution in [-0.2, 0) is 0 Å². The first kappa shape index (κ1) is 10.9. The molecule has 84 valence electrons. The molecule has 4 heteroatoms. The minimum absolute atomic E-state index is 0.399. The summed E-state index contributed by atoms with van der Waals surface area (Å²) in [6, 6.07) is 0. The van der Waals surface area contributed by atoms with Crippen molar-refractivity contribution in [1.29, 1.82) is 0 Å². The van der Waals surface area contributed by atoms with Crippen molar-refractivity contribution >= 4 is 16.5 Å². The molecule has 0 amide bonds. The summed E-state index contributed by atoms with van der Waals surface area (Å²) in [5.41, 5.74) is 1.19.